The molecule has 1 aliphatic rings. The molecular weight excluding hydrogens is 186 g/mol. The van der Waals surface area contributed by atoms with Crippen LogP contribution in [0.25, 0.3) is 0 Å². The van der Waals surface area contributed by atoms with Crippen molar-refractivity contribution in [3.8, 4) is 0 Å². The van der Waals surface area contributed by atoms with E-state index in [1.807, 2.05) is 0 Å². The third-order valence-corrected chi connectivity index (χ3v) is 2.32. The molecule has 0 aromatic carbocycles. The molecule has 1 atom stereocenters. The Kier molecular flexibility index (Phi) is 3.88. The quantitative estimate of drug-likeness (QED) is 0.674. The first-order valence-electron chi connectivity index (χ1n) is 4.72. The smallest absolute Gasteiger partial charge is 0.325 e. The number of carbonyl (C=O) groups excluding carboxylic acids is 1. The van der Waals surface area contributed by atoms with Gasteiger partial charge in [0.25, 0.3) is 0 Å². The van der Waals surface area contributed by atoms with E-state index in [2.05, 4.69) is 5.32 Å². The molecule has 0 aromatic rings. The number of amides is 1. The van der Waals surface area contributed by atoms with Crippen LogP contribution in [-0.4, -0.2) is 36.2 Å². The summed E-state index contributed by atoms with van der Waals surface area (Å²) in [6.07, 6.45) is 1.36. The van der Waals surface area contributed by atoms with Gasteiger partial charge >= 0.3 is 5.97 Å². The summed E-state index contributed by atoms with van der Waals surface area (Å²) >= 11 is 0. The van der Waals surface area contributed by atoms with Crippen LogP contribution in [0.4, 0.5) is 0 Å². The Morgan fingerprint density at radius 2 is 2.00 bits per heavy atom. The van der Waals surface area contributed by atoms with Crippen LogP contribution in [0.5, 0.6) is 0 Å². The molecule has 80 valence electrons. The number of ether oxygens (including phenoxy) is 1. The average molecular weight is 201 g/mol. The predicted molar refractivity (Wildman–Crippen MR) is 48.8 cm³/mol. The van der Waals surface area contributed by atoms with E-state index in [4.69, 9.17) is 9.84 Å². The van der Waals surface area contributed by atoms with E-state index >= 15 is 0 Å². The standard InChI is InChI=1S/C9H15NO4/c1-6(9(12)13)10-8(11)7-2-4-14-5-3-7/h6-7H,2-5H2,1H3,(H,10,11)(H,12,13)/t6-/m0/s1. The van der Waals surface area contributed by atoms with Crippen molar-refractivity contribution in [1.29, 1.82) is 0 Å². The van der Waals surface area contributed by atoms with E-state index in [0.29, 0.717) is 26.1 Å². The van der Waals surface area contributed by atoms with Crippen LogP contribution in [0.1, 0.15) is 19.8 Å². The number of nitrogens with one attached hydrogen (secondary N) is 1. The van der Waals surface area contributed by atoms with Crippen LogP contribution in [-0.2, 0) is 14.3 Å². The van der Waals surface area contributed by atoms with Gasteiger partial charge in [-0.25, -0.2) is 0 Å². The Balaban J connectivity index is 2.36. The van der Waals surface area contributed by atoms with E-state index in [1.165, 1.54) is 6.92 Å². The minimum absolute atomic E-state index is 0.0921. The molecule has 14 heavy (non-hydrogen) atoms. The lowest BCUT2D eigenvalue weighted by Gasteiger charge is -2.22. The van der Waals surface area contributed by atoms with Gasteiger partial charge in [0.1, 0.15) is 6.04 Å². The number of carboxylic acids is 1. The Morgan fingerprint density at radius 1 is 1.43 bits per heavy atom. The highest BCUT2D eigenvalue weighted by Crippen LogP contribution is 2.14. The lowest BCUT2D eigenvalue weighted by molar-refractivity contribution is -0.142. The first kappa shape index (κ1) is 11.0. The number of hydrogen-bond acceptors (Lipinski definition) is 3. The van der Waals surface area contributed by atoms with Crippen molar-refractivity contribution in [2.75, 3.05) is 13.2 Å². The van der Waals surface area contributed by atoms with Crippen LogP contribution < -0.4 is 5.32 Å². The van der Waals surface area contributed by atoms with Gasteiger partial charge in [-0.2, -0.15) is 0 Å². The molecule has 5 heteroatoms. The van der Waals surface area contributed by atoms with Crippen molar-refractivity contribution in [3.63, 3.8) is 0 Å². The lowest BCUT2D eigenvalue weighted by atomic mass is 9.99. The van der Waals surface area contributed by atoms with Gasteiger partial charge in [0.15, 0.2) is 0 Å². The van der Waals surface area contributed by atoms with Crippen LogP contribution >= 0.6 is 0 Å². The number of aliphatic carboxylic acids is 1. The van der Waals surface area contributed by atoms with Gasteiger partial charge < -0.3 is 15.2 Å². The largest absolute Gasteiger partial charge is 0.480 e. The monoisotopic (exact) mass is 201 g/mol. The molecule has 1 heterocycles. The number of rotatable bonds is 3. The second-order valence-corrected chi connectivity index (χ2v) is 3.46. The molecule has 0 bridgehead atoms. The summed E-state index contributed by atoms with van der Waals surface area (Å²) in [6, 6.07) is -0.814. The Morgan fingerprint density at radius 3 is 2.50 bits per heavy atom. The maximum atomic E-state index is 11.5. The Bertz CT molecular complexity index is 223. The summed E-state index contributed by atoms with van der Waals surface area (Å²) in [5, 5.41) is 11.0. The Hall–Kier alpha value is -1.10. The van der Waals surface area contributed by atoms with Crippen molar-refractivity contribution < 1.29 is 19.4 Å². The van der Waals surface area contributed by atoms with E-state index in [-0.39, 0.29) is 11.8 Å². The van der Waals surface area contributed by atoms with E-state index in [1.54, 1.807) is 0 Å². The van der Waals surface area contributed by atoms with Crippen LogP contribution in [0.2, 0.25) is 0 Å². The molecule has 0 saturated carbocycles. The van der Waals surface area contributed by atoms with Gasteiger partial charge in [-0.05, 0) is 19.8 Å². The van der Waals surface area contributed by atoms with Crippen molar-refractivity contribution in [3.05, 3.63) is 0 Å². The summed E-state index contributed by atoms with van der Waals surface area (Å²) in [5.41, 5.74) is 0. The second kappa shape index (κ2) is 4.95. The fourth-order valence-corrected chi connectivity index (χ4v) is 1.35. The molecule has 1 fully saturated rings. The van der Waals surface area contributed by atoms with Gasteiger partial charge in [-0.1, -0.05) is 0 Å². The first-order chi connectivity index (χ1) is 6.61. The maximum Gasteiger partial charge on any atom is 0.325 e. The van der Waals surface area contributed by atoms with Crippen LogP contribution in [0.3, 0.4) is 0 Å². The molecule has 5 nitrogen and oxygen atoms in total. The molecule has 0 radical (unpaired) electrons. The number of hydrogen-bond donors (Lipinski definition) is 2. The van der Waals surface area contributed by atoms with Crippen molar-refractivity contribution in [1.82, 2.24) is 5.32 Å². The molecule has 1 saturated heterocycles. The van der Waals surface area contributed by atoms with Gasteiger partial charge in [0.05, 0.1) is 0 Å². The zero-order chi connectivity index (χ0) is 10.6. The average Bonchev–Trinajstić information content (AvgIpc) is 2.19. The first-order valence-corrected chi connectivity index (χ1v) is 4.72. The van der Waals surface area contributed by atoms with Crippen molar-refractivity contribution in [2.24, 2.45) is 5.92 Å². The molecular formula is C9H15NO4. The zero-order valence-electron chi connectivity index (χ0n) is 8.16. The Labute approximate surface area is 82.4 Å². The summed E-state index contributed by atoms with van der Waals surface area (Å²) < 4.78 is 5.11. The zero-order valence-corrected chi connectivity index (χ0v) is 8.16. The molecule has 1 rings (SSSR count). The second-order valence-electron chi connectivity index (χ2n) is 3.46. The van der Waals surface area contributed by atoms with Crippen LogP contribution in [0, 0.1) is 5.92 Å². The highest BCUT2D eigenvalue weighted by molar-refractivity contribution is 5.84. The predicted octanol–water partition coefficient (Wildman–Crippen LogP) is 0.00230. The van der Waals surface area contributed by atoms with E-state index in [9.17, 15) is 9.59 Å². The fraction of sp³-hybridized carbons (Fsp3) is 0.778. The van der Waals surface area contributed by atoms with Gasteiger partial charge in [-0.3, -0.25) is 9.59 Å². The number of carbonyl (C=O) groups is 2. The molecule has 1 amide bonds. The molecule has 1 aliphatic heterocycles. The molecule has 0 unspecified atom stereocenters. The summed E-state index contributed by atoms with van der Waals surface area (Å²) in [5.74, 6) is -1.28. The van der Waals surface area contributed by atoms with Gasteiger partial charge in [0, 0.05) is 19.1 Å². The normalized spacial score (nSPS) is 20.1. The topological polar surface area (TPSA) is 75.6 Å². The van der Waals surface area contributed by atoms with Gasteiger partial charge in [0.2, 0.25) is 5.91 Å². The molecule has 0 aliphatic carbocycles. The van der Waals surface area contributed by atoms with Crippen molar-refractivity contribution in [2.45, 2.75) is 25.8 Å². The highest BCUT2D eigenvalue weighted by Gasteiger charge is 2.24. The lowest BCUT2D eigenvalue weighted by Crippen LogP contribution is -2.43. The molecule has 0 spiro atoms. The maximum absolute atomic E-state index is 11.5. The minimum atomic E-state index is -1.01. The SMILES string of the molecule is C[C@H](NC(=O)C1CCOCC1)C(=O)O. The number of carboxylic acid groups (broad SMARTS) is 1. The third kappa shape index (κ3) is 2.99. The summed E-state index contributed by atoms with van der Waals surface area (Å²) in [6.45, 7) is 2.62. The molecule has 2 N–H and O–H groups in total. The summed E-state index contributed by atoms with van der Waals surface area (Å²) in [4.78, 5) is 22.0. The van der Waals surface area contributed by atoms with Gasteiger partial charge in [-0.15, -0.1) is 0 Å². The van der Waals surface area contributed by atoms with Crippen LogP contribution in [0.15, 0.2) is 0 Å². The fourth-order valence-electron chi connectivity index (χ4n) is 1.35. The van der Waals surface area contributed by atoms with E-state index in [0.717, 1.165) is 0 Å². The highest BCUT2D eigenvalue weighted by atomic mass is 16.5. The molecule has 0 aromatic heterocycles. The third-order valence-electron chi connectivity index (χ3n) is 2.32. The van der Waals surface area contributed by atoms with E-state index < -0.39 is 12.0 Å². The van der Waals surface area contributed by atoms with Crippen molar-refractivity contribution >= 4 is 11.9 Å². The minimum Gasteiger partial charge on any atom is -0.480 e. The summed E-state index contributed by atoms with van der Waals surface area (Å²) in [7, 11) is 0.